The highest BCUT2D eigenvalue weighted by molar-refractivity contribution is 5.74. The van der Waals surface area contributed by atoms with E-state index in [0.29, 0.717) is 18.4 Å². The van der Waals surface area contributed by atoms with Gasteiger partial charge in [0, 0.05) is 0 Å². The van der Waals surface area contributed by atoms with Crippen LogP contribution in [0.5, 0.6) is 0 Å². The maximum absolute atomic E-state index is 11.2. The minimum Gasteiger partial charge on any atom is -0.330 e. The van der Waals surface area contributed by atoms with Gasteiger partial charge in [-0.1, -0.05) is 19.9 Å². The number of rotatable bonds is 4. The summed E-state index contributed by atoms with van der Waals surface area (Å²) in [5.74, 6) is 1.05. The Hall–Kier alpha value is -1.55. The molecule has 17 heavy (non-hydrogen) atoms. The first-order valence-corrected chi connectivity index (χ1v) is 6.01. The highest BCUT2D eigenvalue weighted by atomic mass is 16.1. The highest BCUT2D eigenvalue weighted by Crippen LogP contribution is 2.18. The lowest BCUT2D eigenvalue weighted by atomic mass is 9.89. The Bertz CT molecular complexity index is 553. The Balaban J connectivity index is 2.26. The number of nitrogens with two attached hydrogens (primary N) is 1. The third kappa shape index (κ3) is 2.58. The molecule has 0 saturated heterocycles. The number of H-pyrrole nitrogens is 2. The van der Waals surface area contributed by atoms with Gasteiger partial charge in [0.2, 0.25) is 0 Å². The predicted molar refractivity (Wildman–Crippen MR) is 70.0 cm³/mol. The van der Waals surface area contributed by atoms with Gasteiger partial charge in [-0.15, -0.1) is 0 Å². The second kappa shape index (κ2) is 4.75. The molecule has 0 saturated carbocycles. The Kier molecular flexibility index (Phi) is 3.33. The summed E-state index contributed by atoms with van der Waals surface area (Å²) in [6.45, 7) is 5.07. The molecule has 1 aromatic carbocycles. The van der Waals surface area contributed by atoms with Crippen molar-refractivity contribution in [1.29, 1.82) is 0 Å². The summed E-state index contributed by atoms with van der Waals surface area (Å²) in [5, 5.41) is 0. The van der Waals surface area contributed by atoms with Crippen molar-refractivity contribution in [2.75, 3.05) is 6.54 Å². The van der Waals surface area contributed by atoms with E-state index in [4.69, 9.17) is 5.73 Å². The maximum atomic E-state index is 11.2. The SMILES string of the molecule is CC(C)C(CN)Cc1ccc2[nH]c(=O)[nH]c2c1. The van der Waals surface area contributed by atoms with Gasteiger partial charge < -0.3 is 15.7 Å². The predicted octanol–water partition coefficient (Wildman–Crippen LogP) is 1.63. The molecule has 0 spiro atoms. The van der Waals surface area contributed by atoms with E-state index in [1.807, 2.05) is 12.1 Å². The van der Waals surface area contributed by atoms with Crippen molar-refractivity contribution in [2.24, 2.45) is 17.6 Å². The van der Waals surface area contributed by atoms with Crippen LogP contribution in [0.1, 0.15) is 19.4 Å². The number of fused-ring (bicyclic) bond motifs is 1. The van der Waals surface area contributed by atoms with Crippen molar-refractivity contribution >= 4 is 11.0 Å². The second-order valence-electron chi connectivity index (χ2n) is 4.90. The van der Waals surface area contributed by atoms with Crippen molar-refractivity contribution in [2.45, 2.75) is 20.3 Å². The van der Waals surface area contributed by atoms with Gasteiger partial charge in [-0.05, 0) is 42.5 Å². The summed E-state index contributed by atoms with van der Waals surface area (Å²) >= 11 is 0. The molecule has 2 rings (SSSR count). The molecule has 92 valence electrons. The van der Waals surface area contributed by atoms with E-state index in [9.17, 15) is 4.79 Å². The van der Waals surface area contributed by atoms with Crippen molar-refractivity contribution in [3.8, 4) is 0 Å². The number of imidazole rings is 1. The summed E-state index contributed by atoms with van der Waals surface area (Å²) in [6.07, 6.45) is 0.956. The Morgan fingerprint density at radius 1 is 1.24 bits per heavy atom. The van der Waals surface area contributed by atoms with Crippen LogP contribution in [0.4, 0.5) is 0 Å². The molecular formula is C13H19N3O. The minimum absolute atomic E-state index is 0.156. The van der Waals surface area contributed by atoms with E-state index in [2.05, 4.69) is 29.9 Å². The van der Waals surface area contributed by atoms with Crippen LogP contribution in [0.25, 0.3) is 11.0 Å². The monoisotopic (exact) mass is 233 g/mol. The van der Waals surface area contributed by atoms with Gasteiger partial charge in [0.05, 0.1) is 11.0 Å². The molecule has 4 heteroatoms. The van der Waals surface area contributed by atoms with E-state index >= 15 is 0 Å². The summed E-state index contributed by atoms with van der Waals surface area (Å²) in [6, 6.07) is 6.02. The van der Waals surface area contributed by atoms with Gasteiger partial charge in [0.15, 0.2) is 0 Å². The van der Waals surface area contributed by atoms with E-state index < -0.39 is 0 Å². The fraction of sp³-hybridized carbons (Fsp3) is 0.462. The summed E-state index contributed by atoms with van der Waals surface area (Å²) < 4.78 is 0. The highest BCUT2D eigenvalue weighted by Gasteiger charge is 2.12. The molecule has 1 heterocycles. The largest absolute Gasteiger partial charge is 0.330 e. The van der Waals surface area contributed by atoms with Crippen molar-refractivity contribution in [3.63, 3.8) is 0 Å². The number of hydrogen-bond donors (Lipinski definition) is 3. The Labute approximate surface area is 100 Å². The first-order valence-electron chi connectivity index (χ1n) is 6.01. The van der Waals surface area contributed by atoms with Gasteiger partial charge in [0.1, 0.15) is 0 Å². The van der Waals surface area contributed by atoms with Crippen LogP contribution in [-0.2, 0) is 6.42 Å². The molecule has 0 aliphatic carbocycles. The third-order valence-electron chi connectivity index (χ3n) is 3.32. The molecular weight excluding hydrogens is 214 g/mol. The summed E-state index contributed by atoms with van der Waals surface area (Å²) in [5.41, 5.74) is 8.56. The smallest absolute Gasteiger partial charge is 0.323 e. The molecule has 0 radical (unpaired) electrons. The molecule has 0 amide bonds. The Morgan fingerprint density at radius 3 is 2.59 bits per heavy atom. The van der Waals surface area contributed by atoms with E-state index in [1.165, 1.54) is 5.56 Å². The van der Waals surface area contributed by atoms with E-state index in [1.54, 1.807) is 0 Å². The average Bonchev–Trinajstić information content (AvgIpc) is 2.64. The molecule has 2 aromatic rings. The van der Waals surface area contributed by atoms with Gasteiger partial charge in [-0.3, -0.25) is 0 Å². The summed E-state index contributed by atoms with van der Waals surface area (Å²) in [4.78, 5) is 16.7. The molecule has 0 aliphatic rings. The van der Waals surface area contributed by atoms with Gasteiger partial charge >= 0.3 is 5.69 Å². The first kappa shape index (κ1) is 11.9. The number of hydrogen-bond acceptors (Lipinski definition) is 2. The second-order valence-corrected chi connectivity index (χ2v) is 4.90. The van der Waals surface area contributed by atoms with Gasteiger partial charge in [-0.2, -0.15) is 0 Å². The number of aromatic nitrogens is 2. The zero-order valence-electron chi connectivity index (χ0n) is 10.3. The topological polar surface area (TPSA) is 74.7 Å². The average molecular weight is 233 g/mol. The van der Waals surface area contributed by atoms with E-state index in [0.717, 1.165) is 17.5 Å². The summed E-state index contributed by atoms with van der Waals surface area (Å²) in [7, 11) is 0. The van der Waals surface area contributed by atoms with Crippen molar-refractivity contribution in [1.82, 2.24) is 9.97 Å². The molecule has 0 bridgehead atoms. The van der Waals surface area contributed by atoms with Crippen LogP contribution in [0.2, 0.25) is 0 Å². The van der Waals surface area contributed by atoms with Crippen molar-refractivity contribution in [3.05, 3.63) is 34.2 Å². The van der Waals surface area contributed by atoms with Crippen LogP contribution in [0, 0.1) is 11.8 Å². The zero-order chi connectivity index (χ0) is 12.4. The lowest BCUT2D eigenvalue weighted by Gasteiger charge is -2.18. The number of nitrogens with one attached hydrogen (secondary N) is 2. The molecule has 1 unspecified atom stereocenters. The normalized spacial score (nSPS) is 13.4. The molecule has 1 atom stereocenters. The number of benzene rings is 1. The fourth-order valence-corrected chi connectivity index (χ4v) is 2.10. The standard InChI is InChI=1S/C13H19N3O/c1-8(2)10(7-14)5-9-3-4-11-12(6-9)16-13(17)15-11/h3-4,6,8,10H,5,7,14H2,1-2H3,(H2,15,16,17). The zero-order valence-corrected chi connectivity index (χ0v) is 10.3. The van der Waals surface area contributed by atoms with E-state index in [-0.39, 0.29) is 5.69 Å². The lowest BCUT2D eigenvalue weighted by Crippen LogP contribution is -2.22. The maximum Gasteiger partial charge on any atom is 0.323 e. The Morgan fingerprint density at radius 2 is 1.94 bits per heavy atom. The van der Waals surface area contributed by atoms with Gasteiger partial charge in [-0.25, -0.2) is 4.79 Å². The van der Waals surface area contributed by atoms with Crippen LogP contribution < -0.4 is 11.4 Å². The van der Waals surface area contributed by atoms with Crippen LogP contribution in [0.3, 0.4) is 0 Å². The third-order valence-corrected chi connectivity index (χ3v) is 3.32. The number of aromatic amines is 2. The molecule has 4 nitrogen and oxygen atoms in total. The minimum atomic E-state index is -0.156. The molecule has 0 aliphatic heterocycles. The first-order chi connectivity index (χ1) is 8.10. The quantitative estimate of drug-likeness (QED) is 0.750. The van der Waals surface area contributed by atoms with Crippen LogP contribution in [0.15, 0.2) is 23.0 Å². The van der Waals surface area contributed by atoms with Crippen molar-refractivity contribution < 1.29 is 0 Å². The van der Waals surface area contributed by atoms with Crippen LogP contribution in [-0.4, -0.2) is 16.5 Å². The fourth-order valence-electron chi connectivity index (χ4n) is 2.10. The molecule has 4 N–H and O–H groups in total. The lowest BCUT2D eigenvalue weighted by molar-refractivity contribution is 0.392. The molecule has 1 aromatic heterocycles. The molecule has 0 fully saturated rings. The van der Waals surface area contributed by atoms with Crippen LogP contribution >= 0.6 is 0 Å². The van der Waals surface area contributed by atoms with Gasteiger partial charge in [0.25, 0.3) is 0 Å².